The lowest BCUT2D eigenvalue weighted by Gasteiger charge is -2.11. The van der Waals surface area contributed by atoms with Crippen molar-refractivity contribution in [3.05, 3.63) is 88.4 Å². The first-order chi connectivity index (χ1) is 15.5. The van der Waals surface area contributed by atoms with Crippen molar-refractivity contribution in [2.24, 2.45) is 0 Å². The van der Waals surface area contributed by atoms with Crippen molar-refractivity contribution in [3.8, 4) is 5.75 Å². The van der Waals surface area contributed by atoms with E-state index in [1.807, 2.05) is 74.5 Å². The molecule has 4 aromatic rings. The lowest BCUT2D eigenvalue weighted by Crippen LogP contribution is -2.37. The number of hydrogen-bond acceptors (Lipinski definition) is 5. The van der Waals surface area contributed by atoms with Crippen LogP contribution in [0.4, 0.5) is 5.69 Å². The molecule has 0 spiro atoms. The molecule has 0 radical (unpaired) electrons. The molecule has 0 fully saturated rings. The van der Waals surface area contributed by atoms with Gasteiger partial charge in [0, 0.05) is 12.1 Å². The van der Waals surface area contributed by atoms with Crippen LogP contribution in [-0.4, -0.2) is 22.6 Å². The van der Waals surface area contributed by atoms with Gasteiger partial charge in [-0.1, -0.05) is 30.3 Å². The van der Waals surface area contributed by atoms with Gasteiger partial charge in [0.15, 0.2) is 11.7 Å². The Morgan fingerprint density at radius 1 is 1.03 bits per heavy atom. The monoisotopic (exact) mass is 461 g/mol. The Morgan fingerprint density at radius 3 is 2.56 bits per heavy atom. The molecule has 0 bridgehead atoms. The average Bonchev–Trinajstić information content (AvgIpc) is 3.18. The Morgan fingerprint density at radius 2 is 1.81 bits per heavy atom. The van der Waals surface area contributed by atoms with Crippen LogP contribution >= 0.6 is 23.6 Å². The van der Waals surface area contributed by atoms with Crippen LogP contribution in [0.2, 0.25) is 0 Å². The summed E-state index contributed by atoms with van der Waals surface area (Å²) < 4.78 is 6.74. The molecule has 5 nitrogen and oxygen atoms in total. The SMILES string of the molecule is Cc1ccc(OCC(=O)NC(=S)Nc2ccc(Cc3nc4ccccc4s3)cc2)cc1C. The summed E-state index contributed by atoms with van der Waals surface area (Å²) in [6, 6.07) is 21.8. The smallest absolute Gasteiger partial charge is 0.264 e. The highest BCUT2D eigenvalue weighted by Crippen LogP contribution is 2.24. The van der Waals surface area contributed by atoms with Crippen LogP contribution in [0.5, 0.6) is 5.75 Å². The zero-order valence-corrected chi connectivity index (χ0v) is 19.5. The number of fused-ring (bicyclic) bond motifs is 1. The fraction of sp³-hybridized carbons (Fsp3) is 0.160. The summed E-state index contributed by atoms with van der Waals surface area (Å²) in [5.41, 5.74) is 5.29. The molecule has 162 valence electrons. The summed E-state index contributed by atoms with van der Waals surface area (Å²) in [5, 5.41) is 6.99. The van der Waals surface area contributed by atoms with Gasteiger partial charge in [-0.2, -0.15) is 0 Å². The number of rotatable bonds is 6. The second kappa shape index (κ2) is 9.89. The van der Waals surface area contributed by atoms with E-state index in [-0.39, 0.29) is 17.6 Å². The van der Waals surface area contributed by atoms with Crippen LogP contribution in [-0.2, 0) is 11.2 Å². The Balaban J connectivity index is 1.26. The third-order valence-electron chi connectivity index (χ3n) is 5.01. The second-order valence-electron chi connectivity index (χ2n) is 7.49. The number of thiazole rings is 1. The van der Waals surface area contributed by atoms with Gasteiger partial charge in [0.05, 0.1) is 15.2 Å². The number of nitrogens with one attached hydrogen (secondary N) is 2. The predicted octanol–water partition coefficient (Wildman–Crippen LogP) is 5.40. The number of benzene rings is 3. The van der Waals surface area contributed by atoms with Crippen molar-refractivity contribution in [1.29, 1.82) is 0 Å². The first-order valence-corrected chi connectivity index (χ1v) is 11.4. The summed E-state index contributed by atoms with van der Waals surface area (Å²) in [5.74, 6) is 0.346. The number of nitrogens with zero attached hydrogens (tertiary/aromatic N) is 1. The van der Waals surface area contributed by atoms with Crippen molar-refractivity contribution in [1.82, 2.24) is 10.3 Å². The molecule has 1 heterocycles. The largest absolute Gasteiger partial charge is 0.484 e. The molecule has 3 aromatic carbocycles. The number of carbonyl (C=O) groups is 1. The maximum Gasteiger partial charge on any atom is 0.264 e. The maximum absolute atomic E-state index is 12.1. The van der Waals surface area contributed by atoms with Gasteiger partial charge in [-0.3, -0.25) is 10.1 Å². The van der Waals surface area contributed by atoms with E-state index in [1.165, 1.54) is 10.3 Å². The Kier molecular flexibility index (Phi) is 6.78. The second-order valence-corrected chi connectivity index (χ2v) is 9.01. The van der Waals surface area contributed by atoms with Crippen molar-refractivity contribution < 1.29 is 9.53 Å². The standard InChI is InChI=1S/C25H23N3O2S2/c1-16-7-12-20(13-17(16)2)30-15-23(29)28-25(31)26-19-10-8-18(9-11-19)14-24-27-21-5-3-4-6-22(21)32-24/h3-13H,14-15H2,1-2H3,(H2,26,28,29,31). The number of aryl methyl sites for hydroxylation is 2. The van der Waals surface area contributed by atoms with Gasteiger partial charge >= 0.3 is 0 Å². The molecule has 0 aliphatic carbocycles. The Hall–Kier alpha value is -3.29. The van der Waals surface area contributed by atoms with Crippen LogP contribution in [0, 0.1) is 13.8 Å². The maximum atomic E-state index is 12.1. The third-order valence-corrected chi connectivity index (χ3v) is 6.25. The van der Waals surface area contributed by atoms with Gasteiger partial charge in [-0.05, 0) is 79.2 Å². The predicted molar refractivity (Wildman–Crippen MR) is 135 cm³/mol. The fourth-order valence-corrected chi connectivity index (χ4v) is 4.39. The quantitative estimate of drug-likeness (QED) is 0.377. The number of aromatic nitrogens is 1. The third kappa shape index (κ3) is 5.69. The molecular formula is C25H23N3O2S2. The molecule has 0 saturated heterocycles. The highest BCUT2D eigenvalue weighted by Gasteiger charge is 2.08. The number of amides is 1. The van der Waals surface area contributed by atoms with Crippen LogP contribution in [0.3, 0.4) is 0 Å². The van der Waals surface area contributed by atoms with Crippen molar-refractivity contribution in [3.63, 3.8) is 0 Å². The number of hydrogen-bond donors (Lipinski definition) is 2. The minimum Gasteiger partial charge on any atom is -0.484 e. The van der Waals surface area contributed by atoms with E-state index in [1.54, 1.807) is 11.3 Å². The number of para-hydroxylation sites is 1. The molecular weight excluding hydrogens is 438 g/mol. The summed E-state index contributed by atoms with van der Waals surface area (Å²) in [7, 11) is 0. The van der Waals surface area contributed by atoms with Crippen molar-refractivity contribution >= 4 is 50.5 Å². The van der Waals surface area contributed by atoms with Crippen LogP contribution in [0.15, 0.2) is 66.7 Å². The molecule has 32 heavy (non-hydrogen) atoms. The molecule has 0 atom stereocenters. The molecule has 0 aliphatic rings. The van der Waals surface area contributed by atoms with Crippen LogP contribution in [0.25, 0.3) is 10.2 Å². The van der Waals surface area contributed by atoms with E-state index in [9.17, 15) is 4.79 Å². The number of anilines is 1. The zero-order valence-electron chi connectivity index (χ0n) is 17.8. The highest BCUT2D eigenvalue weighted by molar-refractivity contribution is 7.80. The average molecular weight is 462 g/mol. The number of ether oxygens (including phenoxy) is 1. The summed E-state index contributed by atoms with van der Waals surface area (Å²) in [6.07, 6.45) is 0.774. The van der Waals surface area contributed by atoms with Gasteiger partial charge in [-0.25, -0.2) is 4.98 Å². The van der Waals surface area contributed by atoms with E-state index in [0.29, 0.717) is 5.75 Å². The number of thiocarbonyl (C=S) groups is 1. The van der Waals surface area contributed by atoms with Gasteiger partial charge < -0.3 is 10.1 Å². The van der Waals surface area contributed by atoms with E-state index in [4.69, 9.17) is 17.0 Å². The van der Waals surface area contributed by atoms with Gasteiger partial charge in [0.2, 0.25) is 0 Å². The topological polar surface area (TPSA) is 63.2 Å². The fourth-order valence-electron chi connectivity index (χ4n) is 3.15. The van der Waals surface area contributed by atoms with E-state index < -0.39 is 0 Å². The molecule has 4 rings (SSSR count). The highest BCUT2D eigenvalue weighted by atomic mass is 32.1. The lowest BCUT2D eigenvalue weighted by molar-refractivity contribution is -0.121. The first kappa shape index (κ1) is 21.9. The molecule has 1 amide bonds. The Bertz CT molecular complexity index is 1230. The Labute approximate surface area is 196 Å². The van der Waals surface area contributed by atoms with Gasteiger partial charge in [-0.15, -0.1) is 11.3 Å². The molecule has 0 saturated carbocycles. The lowest BCUT2D eigenvalue weighted by atomic mass is 10.1. The molecule has 2 N–H and O–H groups in total. The normalized spacial score (nSPS) is 10.7. The molecule has 0 unspecified atom stereocenters. The van der Waals surface area contributed by atoms with Crippen molar-refractivity contribution in [2.45, 2.75) is 20.3 Å². The van der Waals surface area contributed by atoms with Gasteiger partial charge in [0.25, 0.3) is 5.91 Å². The molecule has 7 heteroatoms. The summed E-state index contributed by atoms with van der Waals surface area (Å²) >= 11 is 6.96. The summed E-state index contributed by atoms with van der Waals surface area (Å²) in [6.45, 7) is 3.93. The molecule has 0 aliphatic heterocycles. The van der Waals surface area contributed by atoms with Crippen molar-refractivity contribution in [2.75, 3.05) is 11.9 Å². The van der Waals surface area contributed by atoms with E-state index in [2.05, 4.69) is 21.7 Å². The van der Waals surface area contributed by atoms with Crippen LogP contribution in [0.1, 0.15) is 21.7 Å². The minimum atomic E-state index is -0.312. The minimum absolute atomic E-state index is 0.106. The van der Waals surface area contributed by atoms with E-state index >= 15 is 0 Å². The first-order valence-electron chi connectivity index (χ1n) is 10.2. The number of carbonyl (C=O) groups excluding carboxylic acids is 1. The van der Waals surface area contributed by atoms with Gasteiger partial charge in [0.1, 0.15) is 5.75 Å². The zero-order chi connectivity index (χ0) is 22.5. The summed E-state index contributed by atoms with van der Waals surface area (Å²) in [4.78, 5) is 16.8. The van der Waals surface area contributed by atoms with Crippen LogP contribution < -0.4 is 15.4 Å². The molecule has 1 aromatic heterocycles. The van der Waals surface area contributed by atoms with E-state index in [0.717, 1.165) is 33.8 Å².